The summed E-state index contributed by atoms with van der Waals surface area (Å²) in [7, 11) is -3.56. The summed E-state index contributed by atoms with van der Waals surface area (Å²) in [6, 6.07) is 9.19. The van der Waals surface area contributed by atoms with E-state index in [1.165, 1.54) is 22.5 Å². The van der Waals surface area contributed by atoms with E-state index in [0.717, 1.165) is 12.8 Å². The average molecular weight is 538 g/mol. The van der Waals surface area contributed by atoms with Gasteiger partial charge in [-0.1, -0.05) is 37.0 Å². The molecule has 1 N–H and O–H groups in total. The summed E-state index contributed by atoms with van der Waals surface area (Å²) in [6.45, 7) is 4.54. The lowest BCUT2D eigenvalue weighted by Crippen LogP contribution is -2.32. The first-order chi connectivity index (χ1) is 14.2. The second kappa shape index (κ2) is 11.3. The van der Waals surface area contributed by atoms with E-state index in [0.29, 0.717) is 34.0 Å². The molecule has 164 valence electrons. The molecule has 1 amide bonds. The van der Waals surface area contributed by atoms with Crippen LogP contribution < -0.4 is 10.1 Å². The molecular weight excluding hydrogens is 515 g/mol. The molecule has 0 spiro atoms. The quantitative estimate of drug-likeness (QED) is 0.429. The zero-order valence-corrected chi connectivity index (χ0v) is 20.5. The van der Waals surface area contributed by atoms with Crippen LogP contribution in [0.25, 0.3) is 0 Å². The Morgan fingerprint density at radius 1 is 1.10 bits per heavy atom. The van der Waals surface area contributed by atoms with Gasteiger partial charge >= 0.3 is 0 Å². The van der Waals surface area contributed by atoms with E-state index >= 15 is 0 Å². The van der Waals surface area contributed by atoms with Crippen LogP contribution in [0.4, 0.5) is 5.69 Å². The SMILES string of the molecule is CCCN(CCC)S(=O)(=O)c1ccc(NC(=O)COc2c(Cl)cc(Cl)cc2Br)cc1. The first-order valence-electron chi connectivity index (χ1n) is 9.36. The first-order valence-corrected chi connectivity index (χ1v) is 12.3. The molecule has 0 saturated heterocycles. The van der Waals surface area contributed by atoms with Crippen molar-refractivity contribution in [2.75, 3.05) is 25.0 Å². The number of rotatable bonds is 10. The summed E-state index contributed by atoms with van der Waals surface area (Å²) < 4.78 is 33.0. The topological polar surface area (TPSA) is 75.7 Å². The Morgan fingerprint density at radius 2 is 1.70 bits per heavy atom. The number of hydrogen-bond acceptors (Lipinski definition) is 4. The van der Waals surface area contributed by atoms with Gasteiger partial charge in [-0.15, -0.1) is 0 Å². The van der Waals surface area contributed by atoms with Gasteiger partial charge in [-0.25, -0.2) is 8.42 Å². The number of nitrogens with zero attached hydrogens (tertiary/aromatic N) is 1. The van der Waals surface area contributed by atoms with Crippen molar-refractivity contribution < 1.29 is 17.9 Å². The van der Waals surface area contributed by atoms with Gasteiger partial charge in [0.25, 0.3) is 5.91 Å². The first kappa shape index (κ1) is 24.9. The van der Waals surface area contributed by atoms with Gasteiger partial charge < -0.3 is 10.1 Å². The van der Waals surface area contributed by atoms with Crippen LogP contribution in [-0.2, 0) is 14.8 Å². The largest absolute Gasteiger partial charge is 0.481 e. The molecule has 0 aromatic heterocycles. The van der Waals surface area contributed by atoms with Gasteiger partial charge in [-0.2, -0.15) is 4.31 Å². The molecule has 0 aliphatic rings. The third-order valence-corrected chi connectivity index (χ3v) is 7.03. The fourth-order valence-corrected chi connectivity index (χ4v) is 5.70. The molecule has 0 heterocycles. The van der Waals surface area contributed by atoms with E-state index in [1.54, 1.807) is 18.2 Å². The maximum Gasteiger partial charge on any atom is 0.262 e. The molecule has 0 bridgehead atoms. The van der Waals surface area contributed by atoms with E-state index < -0.39 is 15.9 Å². The lowest BCUT2D eigenvalue weighted by atomic mass is 10.3. The van der Waals surface area contributed by atoms with Crippen molar-refractivity contribution in [2.45, 2.75) is 31.6 Å². The molecule has 2 rings (SSSR count). The van der Waals surface area contributed by atoms with Crippen molar-refractivity contribution >= 4 is 60.7 Å². The minimum atomic E-state index is -3.56. The van der Waals surface area contributed by atoms with Crippen LogP contribution in [0.5, 0.6) is 5.75 Å². The summed E-state index contributed by atoms with van der Waals surface area (Å²) >= 11 is 15.3. The van der Waals surface area contributed by atoms with E-state index in [-0.39, 0.29) is 16.5 Å². The van der Waals surface area contributed by atoms with Gasteiger partial charge in [0.1, 0.15) is 0 Å². The van der Waals surface area contributed by atoms with Gasteiger partial charge in [-0.3, -0.25) is 4.79 Å². The number of benzene rings is 2. The standard InChI is InChI=1S/C20H23BrCl2N2O4S/c1-3-9-25(10-4-2)30(27,28)16-7-5-15(6-8-16)24-19(26)13-29-20-17(21)11-14(22)12-18(20)23/h5-8,11-12H,3-4,9-10,13H2,1-2H3,(H,24,26). The van der Waals surface area contributed by atoms with Gasteiger partial charge in [-0.05, 0) is 65.2 Å². The van der Waals surface area contributed by atoms with Crippen molar-refractivity contribution in [3.05, 3.63) is 50.9 Å². The smallest absolute Gasteiger partial charge is 0.262 e. The number of sulfonamides is 1. The second-order valence-corrected chi connectivity index (χ2v) is 10.1. The molecule has 0 radical (unpaired) electrons. The van der Waals surface area contributed by atoms with Crippen molar-refractivity contribution in [1.82, 2.24) is 4.31 Å². The zero-order valence-electron chi connectivity index (χ0n) is 16.6. The Hall–Kier alpha value is -1.32. The summed E-state index contributed by atoms with van der Waals surface area (Å²) in [5.41, 5.74) is 0.460. The highest BCUT2D eigenvalue weighted by molar-refractivity contribution is 9.10. The number of ether oxygens (including phenoxy) is 1. The molecule has 0 aliphatic heterocycles. The van der Waals surface area contributed by atoms with Crippen LogP contribution in [0.15, 0.2) is 45.8 Å². The molecule has 0 unspecified atom stereocenters. The molecular formula is C20H23BrCl2N2O4S. The van der Waals surface area contributed by atoms with Gasteiger partial charge in [0.2, 0.25) is 10.0 Å². The van der Waals surface area contributed by atoms with Crippen LogP contribution in [0, 0.1) is 0 Å². The van der Waals surface area contributed by atoms with Gasteiger partial charge in [0.15, 0.2) is 12.4 Å². The molecule has 6 nitrogen and oxygen atoms in total. The molecule has 2 aromatic rings. The van der Waals surface area contributed by atoms with Gasteiger partial charge in [0.05, 0.1) is 14.4 Å². The Morgan fingerprint density at radius 3 is 2.23 bits per heavy atom. The fourth-order valence-electron chi connectivity index (χ4n) is 2.71. The molecule has 0 saturated carbocycles. The van der Waals surface area contributed by atoms with Crippen molar-refractivity contribution in [3.8, 4) is 5.75 Å². The van der Waals surface area contributed by atoms with Crippen LogP contribution in [0.2, 0.25) is 10.0 Å². The second-order valence-electron chi connectivity index (χ2n) is 6.46. The lowest BCUT2D eigenvalue weighted by molar-refractivity contribution is -0.118. The Labute approximate surface area is 195 Å². The minimum Gasteiger partial charge on any atom is -0.481 e. The lowest BCUT2D eigenvalue weighted by Gasteiger charge is -2.21. The van der Waals surface area contributed by atoms with E-state index in [9.17, 15) is 13.2 Å². The summed E-state index contributed by atoms with van der Waals surface area (Å²) in [6.07, 6.45) is 1.47. The van der Waals surface area contributed by atoms with Crippen LogP contribution in [0.1, 0.15) is 26.7 Å². The highest BCUT2D eigenvalue weighted by Crippen LogP contribution is 2.36. The van der Waals surface area contributed by atoms with E-state index in [2.05, 4.69) is 21.2 Å². The number of nitrogens with one attached hydrogen (secondary N) is 1. The summed E-state index contributed by atoms with van der Waals surface area (Å²) in [5.74, 6) is -0.105. The predicted molar refractivity (Wildman–Crippen MR) is 124 cm³/mol. The Balaban J connectivity index is 2.02. The Bertz CT molecular complexity index is 956. The average Bonchev–Trinajstić information content (AvgIpc) is 2.67. The fraction of sp³-hybridized carbons (Fsp3) is 0.350. The third kappa shape index (κ3) is 6.59. The maximum absolute atomic E-state index is 12.8. The van der Waals surface area contributed by atoms with Crippen molar-refractivity contribution in [3.63, 3.8) is 0 Å². The zero-order chi connectivity index (χ0) is 22.3. The predicted octanol–water partition coefficient (Wildman–Crippen LogP) is 5.58. The minimum absolute atomic E-state index is 0.190. The molecule has 10 heteroatoms. The number of halogens is 3. The molecule has 2 aromatic carbocycles. The number of carbonyl (C=O) groups excluding carboxylic acids is 1. The van der Waals surface area contributed by atoms with Crippen LogP contribution in [0.3, 0.4) is 0 Å². The molecule has 0 atom stereocenters. The third-order valence-electron chi connectivity index (χ3n) is 4.03. The van der Waals surface area contributed by atoms with Crippen LogP contribution in [-0.4, -0.2) is 38.3 Å². The summed E-state index contributed by atoms with van der Waals surface area (Å²) in [4.78, 5) is 12.4. The van der Waals surface area contributed by atoms with Crippen LogP contribution >= 0.6 is 39.1 Å². The molecule has 30 heavy (non-hydrogen) atoms. The van der Waals surface area contributed by atoms with Gasteiger partial charge in [0, 0.05) is 23.8 Å². The highest BCUT2D eigenvalue weighted by Gasteiger charge is 2.23. The summed E-state index contributed by atoms with van der Waals surface area (Å²) in [5, 5.41) is 3.38. The maximum atomic E-state index is 12.8. The number of carbonyl (C=O) groups is 1. The number of amides is 1. The highest BCUT2D eigenvalue weighted by atomic mass is 79.9. The number of hydrogen-bond donors (Lipinski definition) is 1. The van der Waals surface area contributed by atoms with Crippen molar-refractivity contribution in [2.24, 2.45) is 0 Å². The molecule has 0 fully saturated rings. The van der Waals surface area contributed by atoms with E-state index in [1.807, 2.05) is 13.8 Å². The molecule has 0 aliphatic carbocycles. The number of anilines is 1. The normalized spacial score (nSPS) is 11.5. The van der Waals surface area contributed by atoms with Crippen molar-refractivity contribution in [1.29, 1.82) is 0 Å². The van der Waals surface area contributed by atoms with E-state index in [4.69, 9.17) is 27.9 Å². The monoisotopic (exact) mass is 536 g/mol. The Kier molecular flexibility index (Phi) is 9.43.